The summed E-state index contributed by atoms with van der Waals surface area (Å²) in [5.41, 5.74) is 0.850. The Morgan fingerprint density at radius 1 is 1.11 bits per heavy atom. The molecule has 2 aromatic carbocycles. The number of aromatic nitrogens is 2. The van der Waals surface area contributed by atoms with Gasteiger partial charge >= 0.3 is 0 Å². The lowest BCUT2D eigenvalue weighted by Gasteiger charge is -2.23. The quantitative estimate of drug-likeness (QED) is 0.630. The van der Waals surface area contributed by atoms with Gasteiger partial charge in [0.15, 0.2) is 5.82 Å². The SMILES string of the molecule is O=S(=O)(c1ccc(F)cc1)N1CCCC1CCc1noc(-c2ccccc2)n1. The smallest absolute Gasteiger partial charge is 0.257 e. The summed E-state index contributed by atoms with van der Waals surface area (Å²) < 4.78 is 45.8. The summed E-state index contributed by atoms with van der Waals surface area (Å²) in [6, 6.07) is 14.3. The lowest BCUT2D eigenvalue weighted by Crippen LogP contribution is -2.35. The Kier molecular flexibility index (Phi) is 5.23. The van der Waals surface area contributed by atoms with Crippen molar-refractivity contribution in [3.8, 4) is 11.5 Å². The molecule has 0 radical (unpaired) electrons. The van der Waals surface area contributed by atoms with Gasteiger partial charge in [-0.3, -0.25) is 0 Å². The van der Waals surface area contributed by atoms with Gasteiger partial charge in [-0.05, 0) is 55.7 Å². The minimum absolute atomic E-state index is 0.117. The Balaban J connectivity index is 1.45. The van der Waals surface area contributed by atoms with Crippen LogP contribution in [-0.2, 0) is 16.4 Å². The lowest BCUT2D eigenvalue weighted by molar-refractivity contribution is 0.364. The van der Waals surface area contributed by atoms with Crippen LogP contribution < -0.4 is 0 Å². The highest BCUT2D eigenvalue weighted by Crippen LogP contribution is 2.29. The van der Waals surface area contributed by atoms with Gasteiger partial charge < -0.3 is 4.52 Å². The third kappa shape index (κ3) is 3.83. The van der Waals surface area contributed by atoms with Crippen LogP contribution in [0.2, 0.25) is 0 Å². The molecule has 1 aliphatic rings. The molecule has 1 aliphatic heterocycles. The Morgan fingerprint density at radius 3 is 2.61 bits per heavy atom. The van der Waals surface area contributed by atoms with Crippen molar-refractivity contribution < 1.29 is 17.3 Å². The molecule has 1 saturated heterocycles. The van der Waals surface area contributed by atoms with Crippen molar-refractivity contribution in [2.45, 2.75) is 36.6 Å². The van der Waals surface area contributed by atoms with Crippen LogP contribution in [0.4, 0.5) is 4.39 Å². The van der Waals surface area contributed by atoms with Gasteiger partial charge in [0.1, 0.15) is 5.82 Å². The second kappa shape index (κ2) is 7.81. The Morgan fingerprint density at radius 2 is 1.86 bits per heavy atom. The Labute approximate surface area is 163 Å². The van der Waals surface area contributed by atoms with Crippen molar-refractivity contribution >= 4 is 10.0 Å². The normalized spacial score (nSPS) is 17.8. The molecule has 0 bridgehead atoms. The highest BCUT2D eigenvalue weighted by molar-refractivity contribution is 7.89. The highest BCUT2D eigenvalue weighted by Gasteiger charge is 2.35. The van der Waals surface area contributed by atoms with Crippen LogP contribution in [0.15, 0.2) is 64.0 Å². The molecule has 28 heavy (non-hydrogen) atoms. The summed E-state index contributed by atoms with van der Waals surface area (Å²) in [7, 11) is -3.64. The van der Waals surface area contributed by atoms with Gasteiger partial charge in [0, 0.05) is 24.6 Å². The van der Waals surface area contributed by atoms with E-state index in [-0.39, 0.29) is 10.9 Å². The van der Waals surface area contributed by atoms with Crippen molar-refractivity contribution in [2.75, 3.05) is 6.54 Å². The molecule has 2 heterocycles. The van der Waals surface area contributed by atoms with E-state index in [4.69, 9.17) is 4.52 Å². The van der Waals surface area contributed by atoms with Crippen molar-refractivity contribution in [1.29, 1.82) is 0 Å². The fraction of sp³-hybridized carbons (Fsp3) is 0.300. The van der Waals surface area contributed by atoms with Crippen LogP contribution in [-0.4, -0.2) is 35.5 Å². The monoisotopic (exact) mass is 401 g/mol. The third-order valence-electron chi connectivity index (χ3n) is 4.93. The summed E-state index contributed by atoms with van der Waals surface area (Å²) >= 11 is 0. The van der Waals surface area contributed by atoms with Crippen molar-refractivity contribution in [3.63, 3.8) is 0 Å². The van der Waals surface area contributed by atoms with E-state index in [1.165, 1.54) is 28.6 Å². The largest absolute Gasteiger partial charge is 0.334 e. The number of hydrogen-bond acceptors (Lipinski definition) is 5. The van der Waals surface area contributed by atoms with E-state index in [0.717, 1.165) is 18.4 Å². The number of rotatable bonds is 6. The van der Waals surface area contributed by atoms with E-state index in [1.807, 2.05) is 30.3 Å². The molecular weight excluding hydrogens is 381 g/mol. The van der Waals surface area contributed by atoms with Gasteiger partial charge in [-0.25, -0.2) is 12.8 Å². The first-order valence-corrected chi connectivity index (χ1v) is 10.6. The fourth-order valence-electron chi connectivity index (χ4n) is 3.51. The van der Waals surface area contributed by atoms with Crippen molar-refractivity contribution in [3.05, 3.63) is 66.2 Å². The third-order valence-corrected chi connectivity index (χ3v) is 6.90. The van der Waals surface area contributed by atoms with Gasteiger partial charge in [-0.15, -0.1) is 0 Å². The van der Waals surface area contributed by atoms with E-state index in [2.05, 4.69) is 10.1 Å². The molecular formula is C20H20FN3O3S. The lowest BCUT2D eigenvalue weighted by atomic mass is 10.1. The summed E-state index contributed by atoms with van der Waals surface area (Å²) in [5, 5.41) is 4.01. The molecule has 1 fully saturated rings. The van der Waals surface area contributed by atoms with Gasteiger partial charge in [0.2, 0.25) is 10.0 Å². The van der Waals surface area contributed by atoms with E-state index in [0.29, 0.717) is 31.1 Å². The van der Waals surface area contributed by atoms with Crippen LogP contribution in [0.25, 0.3) is 11.5 Å². The first-order chi connectivity index (χ1) is 13.5. The standard InChI is InChI=1S/C20H20FN3O3S/c21-16-8-11-18(12-9-16)28(25,26)24-14-4-7-17(24)10-13-19-22-20(27-23-19)15-5-2-1-3-6-15/h1-3,5-6,8-9,11-12,17H,4,7,10,13-14H2. The van der Waals surface area contributed by atoms with Crippen LogP contribution >= 0.6 is 0 Å². The number of aryl methyl sites for hydroxylation is 1. The van der Waals surface area contributed by atoms with Gasteiger partial charge in [0.25, 0.3) is 5.89 Å². The number of halogens is 1. The van der Waals surface area contributed by atoms with E-state index < -0.39 is 15.8 Å². The predicted octanol–water partition coefficient (Wildman–Crippen LogP) is 3.66. The zero-order chi connectivity index (χ0) is 19.6. The first kappa shape index (κ1) is 18.8. The van der Waals surface area contributed by atoms with E-state index in [9.17, 15) is 12.8 Å². The highest BCUT2D eigenvalue weighted by atomic mass is 32.2. The van der Waals surface area contributed by atoms with Crippen LogP contribution in [0.1, 0.15) is 25.1 Å². The van der Waals surface area contributed by atoms with E-state index >= 15 is 0 Å². The molecule has 146 valence electrons. The zero-order valence-corrected chi connectivity index (χ0v) is 16.0. The maximum atomic E-state index is 13.1. The Hall–Kier alpha value is -2.58. The second-order valence-electron chi connectivity index (χ2n) is 6.79. The predicted molar refractivity (Wildman–Crippen MR) is 101 cm³/mol. The topological polar surface area (TPSA) is 76.3 Å². The molecule has 0 N–H and O–H groups in total. The maximum absolute atomic E-state index is 13.1. The second-order valence-corrected chi connectivity index (χ2v) is 8.68. The maximum Gasteiger partial charge on any atom is 0.257 e. The number of nitrogens with zero attached hydrogens (tertiary/aromatic N) is 3. The molecule has 3 aromatic rings. The average molecular weight is 401 g/mol. The molecule has 6 nitrogen and oxygen atoms in total. The molecule has 1 atom stereocenters. The van der Waals surface area contributed by atoms with Gasteiger partial charge in [0.05, 0.1) is 4.90 Å². The first-order valence-electron chi connectivity index (χ1n) is 9.19. The molecule has 0 aliphatic carbocycles. The van der Waals surface area contributed by atoms with Crippen molar-refractivity contribution in [2.24, 2.45) is 0 Å². The van der Waals surface area contributed by atoms with Crippen LogP contribution in [0.3, 0.4) is 0 Å². The molecule has 0 amide bonds. The number of sulfonamides is 1. The summed E-state index contributed by atoms with van der Waals surface area (Å²) in [6.45, 7) is 0.464. The summed E-state index contributed by atoms with van der Waals surface area (Å²) in [6.07, 6.45) is 2.71. The van der Waals surface area contributed by atoms with Crippen LogP contribution in [0.5, 0.6) is 0 Å². The van der Waals surface area contributed by atoms with Gasteiger partial charge in [-0.1, -0.05) is 23.4 Å². The number of benzene rings is 2. The number of hydrogen-bond donors (Lipinski definition) is 0. The molecule has 0 spiro atoms. The summed E-state index contributed by atoms with van der Waals surface area (Å²) in [5.74, 6) is 0.561. The molecule has 4 rings (SSSR count). The zero-order valence-electron chi connectivity index (χ0n) is 15.2. The molecule has 1 aromatic heterocycles. The molecule has 8 heteroatoms. The van der Waals surface area contributed by atoms with E-state index in [1.54, 1.807) is 0 Å². The minimum Gasteiger partial charge on any atom is -0.334 e. The Bertz CT molecular complexity index is 1040. The fourth-order valence-corrected chi connectivity index (χ4v) is 5.23. The average Bonchev–Trinajstić information content (AvgIpc) is 3.37. The summed E-state index contributed by atoms with van der Waals surface area (Å²) in [4.78, 5) is 4.53. The van der Waals surface area contributed by atoms with Crippen LogP contribution in [0, 0.1) is 5.82 Å². The van der Waals surface area contributed by atoms with Gasteiger partial charge in [-0.2, -0.15) is 9.29 Å². The minimum atomic E-state index is -3.64. The van der Waals surface area contributed by atoms with Crippen molar-refractivity contribution in [1.82, 2.24) is 14.4 Å². The molecule has 0 saturated carbocycles. The molecule has 1 unspecified atom stereocenters.